The summed E-state index contributed by atoms with van der Waals surface area (Å²) in [7, 11) is 0. The minimum absolute atomic E-state index is 0.505. The summed E-state index contributed by atoms with van der Waals surface area (Å²) in [4.78, 5) is 4.57. The van der Waals surface area contributed by atoms with Crippen LogP contribution >= 0.6 is 0 Å². The molecule has 0 fully saturated rings. The first kappa shape index (κ1) is 14.1. The number of hydrogen-bond donors (Lipinski definition) is 1. The van der Waals surface area contributed by atoms with Gasteiger partial charge in [0, 0.05) is 18.8 Å². The highest BCUT2D eigenvalue weighted by atomic mass is 15.2. The molecule has 0 aromatic carbocycles. The van der Waals surface area contributed by atoms with Crippen molar-refractivity contribution < 1.29 is 0 Å². The highest BCUT2D eigenvalue weighted by Gasteiger charge is 2.16. The van der Waals surface area contributed by atoms with Crippen LogP contribution in [0.1, 0.15) is 58.7 Å². The third-order valence-corrected chi connectivity index (χ3v) is 3.57. The summed E-state index contributed by atoms with van der Waals surface area (Å²) in [6.45, 7) is 12.1. The predicted molar refractivity (Wildman–Crippen MR) is 74.5 cm³/mol. The number of nitrogens with zero attached hydrogens (tertiary/aromatic N) is 2. The number of aromatic nitrogens is 2. The third kappa shape index (κ3) is 3.76. The third-order valence-electron chi connectivity index (χ3n) is 3.57. The summed E-state index contributed by atoms with van der Waals surface area (Å²) in [6.07, 6.45) is 5.77. The summed E-state index contributed by atoms with van der Waals surface area (Å²) in [5.74, 6) is 1.71. The minimum atomic E-state index is 0.505. The van der Waals surface area contributed by atoms with E-state index in [1.54, 1.807) is 0 Å². The van der Waals surface area contributed by atoms with Crippen LogP contribution in [-0.2, 0) is 0 Å². The van der Waals surface area contributed by atoms with Gasteiger partial charge in [-0.05, 0) is 26.2 Å². The topological polar surface area (TPSA) is 29.9 Å². The molecule has 1 heterocycles. The van der Waals surface area contributed by atoms with Crippen molar-refractivity contribution in [3.8, 4) is 0 Å². The summed E-state index contributed by atoms with van der Waals surface area (Å²) in [6, 6.07) is 0.505. The number of aryl methyl sites for hydroxylation is 1. The first-order chi connectivity index (χ1) is 8.10. The van der Waals surface area contributed by atoms with Gasteiger partial charge in [0.1, 0.15) is 0 Å². The molecule has 0 aliphatic rings. The van der Waals surface area contributed by atoms with E-state index in [1.165, 1.54) is 19.3 Å². The maximum atomic E-state index is 4.57. The van der Waals surface area contributed by atoms with Gasteiger partial charge in [0.05, 0.1) is 5.69 Å². The second-order valence-electron chi connectivity index (χ2n) is 5.02. The van der Waals surface area contributed by atoms with Crippen LogP contribution in [0, 0.1) is 12.8 Å². The molecule has 0 spiro atoms. The molecule has 0 saturated heterocycles. The van der Waals surface area contributed by atoms with Gasteiger partial charge in [-0.25, -0.2) is 4.98 Å². The lowest BCUT2D eigenvalue weighted by atomic mass is 10.0. The van der Waals surface area contributed by atoms with Crippen molar-refractivity contribution in [2.24, 2.45) is 5.92 Å². The molecule has 17 heavy (non-hydrogen) atoms. The zero-order valence-electron chi connectivity index (χ0n) is 12.0. The molecule has 2 unspecified atom stereocenters. The van der Waals surface area contributed by atoms with E-state index < -0.39 is 0 Å². The molecular weight excluding hydrogens is 210 g/mol. The molecule has 0 amide bonds. The largest absolute Gasteiger partial charge is 0.356 e. The van der Waals surface area contributed by atoms with Crippen molar-refractivity contribution in [2.45, 2.75) is 59.9 Å². The van der Waals surface area contributed by atoms with Gasteiger partial charge >= 0.3 is 0 Å². The zero-order chi connectivity index (χ0) is 12.8. The smallest absolute Gasteiger partial charge is 0.203 e. The van der Waals surface area contributed by atoms with E-state index in [0.29, 0.717) is 12.0 Å². The Morgan fingerprint density at radius 2 is 2.06 bits per heavy atom. The van der Waals surface area contributed by atoms with E-state index in [-0.39, 0.29) is 0 Å². The van der Waals surface area contributed by atoms with E-state index in [2.05, 4.69) is 55.7 Å². The quantitative estimate of drug-likeness (QED) is 0.726. The first-order valence-electron chi connectivity index (χ1n) is 6.89. The van der Waals surface area contributed by atoms with Gasteiger partial charge in [-0.3, -0.25) is 0 Å². The standard InChI is InChI=1S/C14H27N3/c1-6-8-9-15-14-16-12(4)10-17(14)13(5)11(3)7-2/h10-11,13H,6-9H2,1-5H3,(H,15,16). The number of nitrogens with one attached hydrogen (secondary N) is 1. The van der Waals surface area contributed by atoms with E-state index >= 15 is 0 Å². The molecule has 3 heteroatoms. The average Bonchev–Trinajstić information content (AvgIpc) is 2.69. The number of rotatable bonds is 7. The van der Waals surface area contributed by atoms with Crippen LogP contribution in [0.4, 0.5) is 5.95 Å². The van der Waals surface area contributed by atoms with Crippen molar-refractivity contribution in [3.05, 3.63) is 11.9 Å². The molecule has 3 nitrogen and oxygen atoms in total. The Kier molecular flexibility index (Phi) is 5.52. The van der Waals surface area contributed by atoms with Gasteiger partial charge in [-0.2, -0.15) is 0 Å². The Balaban J connectivity index is 2.76. The minimum Gasteiger partial charge on any atom is -0.356 e. The van der Waals surface area contributed by atoms with Crippen molar-refractivity contribution in [1.29, 1.82) is 0 Å². The zero-order valence-corrected chi connectivity index (χ0v) is 12.0. The van der Waals surface area contributed by atoms with Crippen molar-refractivity contribution >= 4 is 5.95 Å². The van der Waals surface area contributed by atoms with E-state index in [9.17, 15) is 0 Å². The van der Waals surface area contributed by atoms with E-state index in [0.717, 1.165) is 18.2 Å². The second kappa shape index (κ2) is 6.67. The lowest BCUT2D eigenvalue weighted by Crippen LogP contribution is -2.16. The van der Waals surface area contributed by atoms with Gasteiger partial charge in [-0.1, -0.05) is 33.6 Å². The number of imidazole rings is 1. The van der Waals surface area contributed by atoms with Crippen molar-refractivity contribution in [2.75, 3.05) is 11.9 Å². The second-order valence-corrected chi connectivity index (χ2v) is 5.02. The highest BCUT2D eigenvalue weighted by molar-refractivity contribution is 5.29. The molecule has 0 bridgehead atoms. The van der Waals surface area contributed by atoms with Crippen molar-refractivity contribution in [3.63, 3.8) is 0 Å². The number of unbranched alkanes of at least 4 members (excludes halogenated alkanes) is 1. The average molecular weight is 237 g/mol. The van der Waals surface area contributed by atoms with Crippen LogP contribution in [0.2, 0.25) is 0 Å². The van der Waals surface area contributed by atoms with Crippen molar-refractivity contribution in [1.82, 2.24) is 9.55 Å². The summed E-state index contributed by atoms with van der Waals surface area (Å²) in [5, 5.41) is 3.45. The normalized spacial score (nSPS) is 14.6. The van der Waals surface area contributed by atoms with Crippen LogP contribution in [0.15, 0.2) is 6.20 Å². The molecule has 2 atom stereocenters. The monoisotopic (exact) mass is 237 g/mol. The van der Waals surface area contributed by atoms with E-state index in [4.69, 9.17) is 0 Å². The Morgan fingerprint density at radius 3 is 2.65 bits per heavy atom. The maximum absolute atomic E-state index is 4.57. The molecule has 1 aromatic heterocycles. The Hall–Kier alpha value is -0.990. The SMILES string of the molecule is CCCCNc1nc(C)cn1C(C)C(C)CC. The van der Waals surface area contributed by atoms with Crippen LogP contribution in [-0.4, -0.2) is 16.1 Å². The van der Waals surface area contributed by atoms with Gasteiger partial charge in [0.25, 0.3) is 0 Å². The molecule has 0 aliphatic carbocycles. The molecule has 0 radical (unpaired) electrons. The Bertz CT molecular complexity index is 330. The van der Waals surface area contributed by atoms with Gasteiger partial charge in [0.15, 0.2) is 0 Å². The predicted octanol–water partition coefficient (Wildman–Crippen LogP) is 4.01. The molecule has 0 aliphatic heterocycles. The highest BCUT2D eigenvalue weighted by Crippen LogP contribution is 2.24. The molecule has 1 N–H and O–H groups in total. The van der Waals surface area contributed by atoms with Crippen LogP contribution in [0.25, 0.3) is 0 Å². The molecule has 1 aromatic rings. The van der Waals surface area contributed by atoms with Crippen LogP contribution in [0.3, 0.4) is 0 Å². The van der Waals surface area contributed by atoms with Gasteiger partial charge in [0.2, 0.25) is 5.95 Å². The van der Waals surface area contributed by atoms with Gasteiger partial charge < -0.3 is 9.88 Å². The number of anilines is 1. The van der Waals surface area contributed by atoms with Gasteiger partial charge in [-0.15, -0.1) is 0 Å². The van der Waals surface area contributed by atoms with E-state index in [1.807, 2.05) is 0 Å². The Labute approximate surface area is 106 Å². The maximum Gasteiger partial charge on any atom is 0.203 e. The molecule has 98 valence electrons. The number of hydrogen-bond acceptors (Lipinski definition) is 2. The van der Waals surface area contributed by atoms with Crippen LogP contribution < -0.4 is 5.32 Å². The summed E-state index contributed by atoms with van der Waals surface area (Å²) < 4.78 is 2.29. The molecular formula is C14H27N3. The fraction of sp³-hybridized carbons (Fsp3) is 0.786. The summed E-state index contributed by atoms with van der Waals surface area (Å²) >= 11 is 0. The fourth-order valence-corrected chi connectivity index (χ4v) is 1.95. The summed E-state index contributed by atoms with van der Waals surface area (Å²) in [5.41, 5.74) is 1.10. The lowest BCUT2D eigenvalue weighted by Gasteiger charge is -2.22. The lowest BCUT2D eigenvalue weighted by molar-refractivity contribution is 0.373. The fourth-order valence-electron chi connectivity index (χ4n) is 1.95. The molecule has 1 rings (SSSR count). The Morgan fingerprint density at radius 1 is 1.35 bits per heavy atom. The molecule has 0 saturated carbocycles. The van der Waals surface area contributed by atoms with Crippen LogP contribution in [0.5, 0.6) is 0 Å². The first-order valence-corrected chi connectivity index (χ1v) is 6.89.